The number of benzene rings is 2. The number of hydrogen-bond donors (Lipinski definition) is 0. The Bertz CT molecular complexity index is 1600. The van der Waals surface area contributed by atoms with Crippen molar-refractivity contribution < 1.29 is 19.2 Å². The number of hydrogen-bond acceptors (Lipinski definition) is 5. The maximum Gasteiger partial charge on any atom is 0.210 e. The van der Waals surface area contributed by atoms with Crippen molar-refractivity contribution in [3.8, 4) is 0 Å². The lowest BCUT2D eigenvalue weighted by molar-refractivity contribution is 0.0973. The van der Waals surface area contributed by atoms with Gasteiger partial charge in [0.05, 0.1) is 11.1 Å². The van der Waals surface area contributed by atoms with E-state index in [4.69, 9.17) is 0 Å². The molecule has 0 radical (unpaired) electrons. The number of nitrogens with zero attached hydrogens (tertiary/aromatic N) is 3. The van der Waals surface area contributed by atoms with Crippen LogP contribution >= 0.6 is 0 Å². The van der Waals surface area contributed by atoms with Gasteiger partial charge in [-0.15, -0.1) is 0 Å². The summed E-state index contributed by atoms with van der Waals surface area (Å²) < 4.78 is 3.96. The Morgan fingerprint density at radius 2 is 0.900 bits per heavy atom. The zero-order chi connectivity index (χ0) is 28.1. The van der Waals surface area contributed by atoms with Crippen molar-refractivity contribution >= 4 is 23.1 Å². The number of ketones is 4. The van der Waals surface area contributed by atoms with Crippen molar-refractivity contribution in [2.45, 2.75) is 39.8 Å². The Hall–Kier alpha value is -4.36. The first-order valence-corrected chi connectivity index (χ1v) is 13.7. The lowest BCUT2D eigenvalue weighted by Crippen LogP contribution is -2.26. The van der Waals surface area contributed by atoms with Crippen molar-refractivity contribution in [3.05, 3.63) is 117 Å². The summed E-state index contributed by atoms with van der Waals surface area (Å²) >= 11 is 0. The minimum atomic E-state index is -0.0901. The fourth-order valence-corrected chi connectivity index (χ4v) is 6.18. The average molecular weight is 534 g/mol. The molecule has 202 valence electrons. The minimum absolute atomic E-state index is 0.0877. The zero-order valence-electron chi connectivity index (χ0n) is 23.0. The fraction of sp³-hybridized carbons (Fsp3) is 0.273. The number of aromatic nitrogens is 2. The first kappa shape index (κ1) is 25.9. The first-order chi connectivity index (χ1) is 19.3. The molecule has 2 aromatic carbocycles. The van der Waals surface area contributed by atoms with Crippen molar-refractivity contribution in [3.63, 3.8) is 0 Å². The van der Waals surface area contributed by atoms with Crippen molar-refractivity contribution in [1.82, 2.24) is 14.0 Å². The van der Waals surface area contributed by atoms with Gasteiger partial charge in [-0.3, -0.25) is 19.2 Å². The molecule has 7 heteroatoms. The molecule has 2 aromatic heterocycles. The summed E-state index contributed by atoms with van der Waals surface area (Å²) in [5, 5.41) is 0. The van der Waals surface area contributed by atoms with Crippen molar-refractivity contribution in [2.24, 2.45) is 0 Å². The third-order valence-electron chi connectivity index (χ3n) is 8.20. The van der Waals surface area contributed by atoms with Crippen LogP contribution in [0.2, 0.25) is 0 Å². The second-order valence-corrected chi connectivity index (χ2v) is 10.8. The quantitative estimate of drug-likeness (QED) is 0.279. The van der Waals surface area contributed by atoms with Gasteiger partial charge in [-0.05, 0) is 59.0 Å². The van der Waals surface area contributed by atoms with E-state index in [1.807, 2.05) is 35.1 Å². The van der Waals surface area contributed by atoms with Crippen LogP contribution in [-0.4, -0.2) is 57.3 Å². The van der Waals surface area contributed by atoms with Gasteiger partial charge in [0.2, 0.25) is 11.6 Å². The summed E-state index contributed by atoms with van der Waals surface area (Å²) in [6, 6.07) is 17.7. The van der Waals surface area contributed by atoms with Gasteiger partial charge in [0.15, 0.2) is 11.6 Å². The van der Waals surface area contributed by atoms with Crippen LogP contribution in [0.4, 0.5) is 0 Å². The van der Waals surface area contributed by atoms with E-state index in [2.05, 4.69) is 11.9 Å². The zero-order valence-corrected chi connectivity index (χ0v) is 23.0. The number of fused-ring (bicyclic) bond motifs is 4. The van der Waals surface area contributed by atoms with E-state index in [1.54, 1.807) is 48.5 Å². The van der Waals surface area contributed by atoms with Crippen LogP contribution in [-0.2, 0) is 13.1 Å². The number of aryl methyl sites for hydroxylation is 2. The Labute approximate surface area is 233 Å². The van der Waals surface area contributed by atoms with E-state index in [1.165, 1.54) is 0 Å². The number of carbonyl (C=O) groups is 4. The fourth-order valence-electron chi connectivity index (χ4n) is 6.18. The predicted octanol–water partition coefficient (Wildman–Crippen LogP) is 4.87. The highest BCUT2D eigenvalue weighted by molar-refractivity contribution is 6.28. The third kappa shape index (κ3) is 4.09. The van der Waals surface area contributed by atoms with Gasteiger partial charge in [0.1, 0.15) is 11.4 Å². The number of rotatable bonds is 8. The molecule has 4 aromatic rings. The van der Waals surface area contributed by atoms with Gasteiger partial charge >= 0.3 is 0 Å². The van der Waals surface area contributed by atoms with E-state index >= 15 is 0 Å². The molecule has 0 unspecified atom stereocenters. The van der Waals surface area contributed by atoms with Crippen LogP contribution in [0, 0.1) is 13.8 Å². The highest BCUT2D eigenvalue weighted by Gasteiger charge is 2.34. The van der Waals surface area contributed by atoms with Crippen LogP contribution in [0.3, 0.4) is 0 Å². The normalized spacial score (nSPS) is 13.9. The van der Waals surface area contributed by atoms with Gasteiger partial charge < -0.3 is 14.0 Å². The molecule has 2 aliphatic rings. The van der Waals surface area contributed by atoms with E-state index in [0.29, 0.717) is 57.9 Å². The Balaban J connectivity index is 1.08. The van der Waals surface area contributed by atoms with E-state index < -0.39 is 0 Å². The molecule has 0 N–H and O–H groups in total. The summed E-state index contributed by atoms with van der Waals surface area (Å²) in [6.07, 6.45) is 1.65. The highest BCUT2D eigenvalue weighted by atomic mass is 16.1. The maximum absolute atomic E-state index is 13.2. The molecule has 40 heavy (non-hydrogen) atoms. The molecule has 7 nitrogen and oxygen atoms in total. The molecule has 0 aliphatic heterocycles. The highest BCUT2D eigenvalue weighted by Crippen LogP contribution is 2.31. The summed E-state index contributed by atoms with van der Waals surface area (Å²) in [5.41, 5.74) is 5.72. The molecular weight excluding hydrogens is 502 g/mol. The summed E-state index contributed by atoms with van der Waals surface area (Å²) in [6.45, 7) is 6.81. The van der Waals surface area contributed by atoms with Crippen LogP contribution in [0.5, 0.6) is 0 Å². The van der Waals surface area contributed by atoms with E-state index in [9.17, 15) is 19.2 Å². The standard InChI is InChI=1S/C33H31N3O4/c1-20-18-26-28(32(39)24-12-6-4-10-22(24)30(26)37)35(20)16-8-14-34(3)15-9-17-36-21(2)19-27-29(36)33(40)25-13-7-5-11-23(25)31(27)38/h4-7,10-13,18-19H,8-9,14-17H2,1-3H3. The largest absolute Gasteiger partial charge is 0.342 e. The molecule has 6 rings (SSSR count). The molecule has 0 atom stereocenters. The second-order valence-electron chi connectivity index (χ2n) is 10.8. The lowest BCUT2D eigenvalue weighted by atomic mass is 9.88. The molecule has 0 bridgehead atoms. The van der Waals surface area contributed by atoms with Crippen LogP contribution in [0.25, 0.3) is 0 Å². The molecular formula is C33H31N3O4. The average Bonchev–Trinajstić information content (AvgIpc) is 3.47. The molecule has 2 aliphatic carbocycles. The lowest BCUT2D eigenvalue weighted by Gasteiger charge is -2.21. The number of carbonyl (C=O) groups excluding carboxylic acids is 4. The van der Waals surface area contributed by atoms with E-state index in [-0.39, 0.29) is 23.1 Å². The van der Waals surface area contributed by atoms with Gasteiger partial charge in [-0.25, -0.2) is 0 Å². The van der Waals surface area contributed by atoms with Crippen molar-refractivity contribution in [2.75, 3.05) is 20.1 Å². The Kier molecular flexibility index (Phi) is 6.47. The summed E-state index contributed by atoms with van der Waals surface area (Å²) in [4.78, 5) is 54.8. The van der Waals surface area contributed by atoms with Crippen molar-refractivity contribution in [1.29, 1.82) is 0 Å². The smallest absolute Gasteiger partial charge is 0.210 e. The Morgan fingerprint density at radius 1 is 0.550 bits per heavy atom. The topological polar surface area (TPSA) is 81.4 Å². The maximum atomic E-state index is 13.2. The monoisotopic (exact) mass is 533 g/mol. The van der Waals surface area contributed by atoms with Gasteiger partial charge in [0, 0.05) is 46.7 Å². The second kappa shape index (κ2) is 9.99. The molecule has 0 amide bonds. The Morgan fingerprint density at radius 3 is 1.27 bits per heavy atom. The molecule has 0 saturated carbocycles. The first-order valence-electron chi connectivity index (χ1n) is 13.7. The summed E-state index contributed by atoms with van der Waals surface area (Å²) in [5.74, 6) is -0.355. The van der Waals surface area contributed by atoms with Crippen LogP contribution in [0.15, 0.2) is 60.7 Å². The van der Waals surface area contributed by atoms with Crippen LogP contribution in [0.1, 0.15) is 88.2 Å². The summed E-state index contributed by atoms with van der Waals surface area (Å²) in [7, 11) is 2.06. The van der Waals surface area contributed by atoms with Gasteiger partial charge in [-0.1, -0.05) is 48.5 Å². The minimum Gasteiger partial charge on any atom is -0.342 e. The predicted molar refractivity (Wildman–Crippen MR) is 152 cm³/mol. The molecule has 0 spiro atoms. The third-order valence-corrected chi connectivity index (χ3v) is 8.20. The van der Waals surface area contributed by atoms with E-state index in [0.717, 1.165) is 37.3 Å². The van der Waals surface area contributed by atoms with Crippen LogP contribution < -0.4 is 0 Å². The van der Waals surface area contributed by atoms with Gasteiger partial charge in [0.25, 0.3) is 0 Å². The molecule has 2 heterocycles. The molecule has 0 saturated heterocycles. The molecule has 0 fully saturated rings. The SMILES string of the molecule is Cc1cc2c(n1CCCN(C)CCCn1c(C)cc3c1C(=O)c1ccccc1C3=O)C(=O)c1ccccc1C2=O. The van der Waals surface area contributed by atoms with Gasteiger partial charge in [-0.2, -0.15) is 0 Å².